The molecule has 0 bridgehead atoms. The number of carboxylic acids is 1. The highest BCUT2D eigenvalue weighted by molar-refractivity contribution is 5.84. The predicted octanol–water partition coefficient (Wildman–Crippen LogP) is 0.0780. The lowest BCUT2D eigenvalue weighted by Gasteiger charge is -2.43. The molecule has 6 N–H and O–H groups in total. The van der Waals surface area contributed by atoms with Crippen molar-refractivity contribution in [2.75, 3.05) is 23.7 Å². The van der Waals surface area contributed by atoms with Crippen molar-refractivity contribution in [3.63, 3.8) is 0 Å². The first-order valence-electron chi connectivity index (χ1n) is 8.10. The molecule has 11 nitrogen and oxygen atoms in total. The van der Waals surface area contributed by atoms with Gasteiger partial charge in [0.1, 0.15) is 5.52 Å². The smallest absolute Gasteiger partial charge is 0.312 e. The van der Waals surface area contributed by atoms with Gasteiger partial charge >= 0.3 is 5.97 Å². The fourth-order valence-corrected chi connectivity index (χ4v) is 3.33. The van der Waals surface area contributed by atoms with Crippen molar-refractivity contribution in [3.05, 3.63) is 6.33 Å². The third-order valence-corrected chi connectivity index (χ3v) is 4.56. The molecule has 0 amide bonds. The van der Waals surface area contributed by atoms with Crippen molar-refractivity contribution < 1.29 is 24.9 Å². The Bertz CT molecular complexity index is 781. The number of aliphatic carboxylic acids is 1. The third-order valence-electron chi connectivity index (χ3n) is 4.56. The summed E-state index contributed by atoms with van der Waals surface area (Å²) in [5.41, 5.74) is 5.69. The first-order chi connectivity index (χ1) is 12.4. The van der Waals surface area contributed by atoms with Crippen LogP contribution in [0.4, 0.5) is 11.8 Å². The fraction of sp³-hybridized carbons (Fsp3) is 0.533. The molecule has 0 aliphatic carbocycles. The Hall–Kier alpha value is -2.95. The fourth-order valence-electron chi connectivity index (χ4n) is 3.33. The Morgan fingerprint density at radius 1 is 1.54 bits per heavy atom. The molecule has 2 aromatic heterocycles. The lowest BCUT2D eigenvalue weighted by atomic mass is 9.73. The Kier molecular flexibility index (Phi) is 5.93. The lowest BCUT2D eigenvalue weighted by Crippen LogP contribution is -2.55. The van der Waals surface area contributed by atoms with E-state index < -0.39 is 17.5 Å². The molecule has 142 valence electrons. The number of imidazole rings is 1. The average Bonchev–Trinajstić information content (AvgIpc) is 3.05. The maximum Gasteiger partial charge on any atom is 0.312 e. The number of hydrogen-bond acceptors (Lipinski definition) is 8. The highest BCUT2D eigenvalue weighted by atomic mass is 16.4. The number of aromatic amines is 1. The van der Waals surface area contributed by atoms with Gasteiger partial charge in [-0.05, 0) is 12.8 Å². The number of nitrogens with one attached hydrogen (secondary N) is 1. The van der Waals surface area contributed by atoms with Crippen LogP contribution in [0.5, 0.6) is 0 Å². The molecule has 0 spiro atoms. The number of aliphatic hydroxyl groups is 1. The van der Waals surface area contributed by atoms with Gasteiger partial charge in [-0.25, -0.2) is 4.98 Å². The van der Waals surface area contributed by atoms with Crippen LogP contribution >= 0.6 is 0 Å². The summed E-state index contributed by atoms with van der Waals surface area (Å²) < 4.78 is 0. The van der Waals surface area contributed by atoms with Gasteiger partial charge in [0, 0.05) is 13.1 Å². The van der Waals surface area contributed by atoms with E-state index in [1.54, 1.807) is 0 Å². The second kappa shape index (κ2) is 7.95. The Labute approximate surface area is 148 Å². The number of carbonyl (C=O) groups is 2. The van der Waals surface area contributed by atoms with Gasteiger partial charge in [0.15, 0.2) is 11.5 Å². The summed E-state index contributed by atoms with van der Waals surface area (Å²) in [6.07, 6.45) is 2.01. The summed E-state index contributed by atoms with van der Waals surface area (Å²) >= 11 is 0. The van der Waals surface area contributed by atoms with Crippen LogP contribution in [0.25, 0.3) is 11.2 Å². The van der Waals surface area contributed by atoms with E-state index in [4.69, 9.17) is 15.6 Å². The minimum Gasteiger partial charge on any atom is -0.483 e. The first kappa shape index (κ1) is 19.4. The quantitative estimate of drug-likeness (QED) is 0.465. The molecule has 11 heteroatoms. The average molecular weight is 366 g/mol. The molecule has 26 heavy (non-hydrogen) atoms. The largest absolute Gasteiger partial charge is 0.483 e. The molecular weight excluding hydrogens is 344 g/mol. The van der Waals surface area contributed by atoms with Crippen LogP contribution in [-0.4, -0.2) is 66.9 Å². The van der Waals surface area contributed by atoms with Gasteiger partial charge in [-0.3, -0.25) is 9.59 Å². The molecule has 0 saturated carbocycles. The molecule has 3 rings (SSSR count). The van der Waals surface area contributed by atoms with E-state index in [1.165, 1.54) is 6.33 Å². The summed E-state index contributed by atoms with van der Waals surface area (Å²) in [6.45, 7) is 2.31. The molecule has 0 radical (unpaired) electrons. The number of hydrogen-bond donors (Lipinski definition) is 5. The molecule has 1 fully saturated rings. The van der Waals surface area contributed by atoms with Crippen LogP contribution in [0, 0.1) is 5.41 Å². The number of fused-ring (bicyclic) bond motifs is 1. The zero-order valence-corrected chi connectivity index (χ0v) is 14.3. The molecule has 0 aromatic carbocycles. The zero-order valence-electron chi connectivity index (χ0n) is 14.3. The predicted molar refractivity (Wildman–Crippen MR) is 92.6 cm³/mol. The van der Waals surface area contributed by atoms with Crippen molar-refractivity contribution in [3.8, 4) is 0 Å². The van der Waals surface area contributed by atoms with Gasteiger partial charge in [-0.1, -0.05) is 13.3 Å². The van der Waals surface area contributed by atoms with Crippen molar-refractivity contribution in [2.45, 2.75) is 32.3 Å². The van der Waals surface area contributed by atoms with Gasteiger partial charge in [0.2, 0.25) is 5.95 Å². The van der Waals surface area contributed by atoms with Gasteiger partial charge in [0.05, 0.1) is 17.8 Å². The van der Waals surface area contributed by atoms with E-state index >= 15 is 0 Å². The Balaban J connectivity index is 0.000000758. The van der Waals surface area contributed by atoms with E-state index in [0.29, 0.717) is 42.8 Å². The van der Waals surface area contributed by atoms with Crippen LogP contribution in [0.3, 0.4) is 0 Å². The first-order valence-corrected chi connectivity index (χ1v) is 8.10. The minimum absolute atomic E-state index is 0.0951. The van der Waals surface area contributed by atoms with E-state index in [2.05, 4.69) is 19.9 Å². The van der Waals surface area contributed by atoms with Gasteiger partial charge in [-0.15, -0.1) is 0 Å². The molecule has 2 atom stereocenters. The van der Waals surface area contributed by atoms with Crippen LogP contribution in [0.2, 0.25) is 0 Å². The summed E-state index contributed by atoms with van der Waals surface area (Å²) in [7, 11) is 0. The third kappa shape index (κ3) is 3.52. The number of nitrogen functional groups attached to an aromatic ring is 1. The highest BCUT2D eigenvalue weighted by Gasteiger charge is 2.48. The molecule has 2 aromatic rings. The molecule has 1 saturated heterocycles. The number of carboxylic acid groups (broad SMARTS) is 2. The second-order valence-electron chi connectivity index (χ2n) is 6.04. The topological polar surface area (TPSA) is 179 Å². The summed E-state index contributed by atoms with van der Waals surface area (Å²) in [6, 6.07) is 0. The molecular formula is C15H22N6O5. The van der Waals surface area contributed by atoms with Gasteiger partial charge in [0.25, 0.3) is 6.47 Å². The summed E-state index contributed by atoms with van der Waals surface area (Å²) in [5.74, 6) is -0.308. The summed E-state index contributed by atoms with van der Waals surface area (Å²) in [5, 5.41) is 27.0. The molecule has 3 heterocycles. The van der Waals surface area contributed by atoms with Gasteiger partial charge in [-0.2, -0.15) is 9.97 Å². The van der Waals surface area contributed by atoms with E-state index in [0.717, 1.165) is 0 Å². The molecule has 0 unspecified atom stereocenters. The van der Waals surface area contributed by atoms with Crippen LogP contribution in [0.1, 0.15) is 26.2 Å². The SMILES string of the molecule is CCC[C@]1(C(=O)O)CCN(c2nc(N)nc3nc[nH]c23)C[C@H]1O.O=CO. The maximum absolute atomic E-state index is 11.7. The number of aliphatic hydroxyl groups excluding tert-OH is 1. The van der Waals surface area contributed by atoms with E-state index in [-0.39, 0.29) is 19.0 Å². The number of H-pyrrole nitrogens is 1. The van der Waals surface area contributed by atoms with Gasteiger partial charge < -0.3 is 30.9 Å². The van der Waals surface area contributed by atoms with Crippen LogP contribution < -0.4 is 10.6 Å². The second-order valence-corrected chi connectivity index (χ2v) is 6.04. The lowest BCUT2D eigenvalue weighted by molar-refractivity contribution is -0.159. The van der Waals surface area contributed by atoms with Crippen molar-refractivity contribution >= 4 is 35.4 Å². The number of rotatable bonds is 4. The number of piperidine rings is 1. The zero-order chi connectivity index (χ0) is 19.3. The van der Waals surface area contributed by atoms with E-state index in [9.17, 15) is 15.0 Å². The Morgan fingerprint density at radius 2 is 2.23 bits per heavy atom. The standard InChI is InChI=1S/C14H20N6O3.CH2O2/c1-2-3-14(12(22)23)4-5-20(6-8(14)21)11-9-10(17-7-16-9)18-13(15)19-11;2-1-3/h7-8,21H,2-6H2,1H3,(H,22,23)(H3,15,16,17,18,19);1H,(H,2,3)/t8-,14+;/m1./s1. The summed E-state index contributed by atoms with van der Waals surface area (Å²) in [4.78, 5) is 37.2. The van der Waals surface area contributed by atoms with Crippen molar-refractivity contribution in [1.29, 1.82) is 0 Å². The number of aromatic nitrogens is 4. The van der Waals surface area contributed by atoms with Crippen molar-refractivity contribution in [1.82, 2.24) is 19.9 Å². The number of nitrogens with zero attached hydrogens (tertiary/aromatic N) is 4. The normalized spacial score (nSPS) is 22.5. The monoisotopic (exact) mass is 366 g/mol. The van der Waals surface area contributed by atoms with Crippen LogP contribution in [0.15, 0.2) is 6.33 Å². The molecule has 1 aliphatic rings. The highest BCUT2D eigenvalue weighted by Crippen LogP contribution is 2.38. The number of anilines is 2. The molecule has 1 aliphatic heterocycles. The Morgan fingerprint density at radius 3 is 2.81 bits per heavy atom. The van der Waals surface area contributed by atoms with Crippen LogP contribution in [-0.2, 0) is 9.59 Å². The number of β-amino-alcohol motifs (C(OH)–C–C–N with tert-alkyl or cyclic N) is 1. The van der Waals surface area contributed by atoms with E-state index in [1.807, 2.05) is 11.8 Å². The maximum atomic E-state index is 11.7. The van der Waals surface area contributed by atoms with Crippen molar-refractivity contribution in [2.24, 2.45) is 5.41 Å². The minimum atomic E-state index is -1.10. The number of nitrogens with two attached hydrogens (primary N) is 1.